The molecule has 0 atom stereocenters. The van der Waals surface area contributed by atoms with Crippen LogP contribution >= 0.6 is 11.3 Å². The van der Waals surface area contributed by atoms with Gasteiger partial charge in [-0.15, -0.1) is 11.3 Å². The van der Waals surface area contributed by atoms with E-state index in [0.29, 0.717) is 17.1 Å². The quantitative estimate of drug-likeness (QED) is 0.449. The number of nitrogens with zero attached hydrogens (tertiary/aromatic N) is 4. The Morgan fingerprint density at radius 2 is 1.68 bits per heavy atom. The van der Waals surface area contributed by atoms with Crippen molar-refractivity contribution in [2.75, 3.05) is 0 Å². The first kappa shape index (κ1) is 17.8. The third-order valence-corrected chi connectivity index (χ3v) is 5.04. The Kier molecular flexibility index (Phi) is 5.09. The van der Waals surface area contributed by atoms with Gasteiger partial charge in [-0.3, -0.25) is 0 Å². The summed E-state index contributed by atoms with van der Waals surface area (Å²) in [4.78, 5) is 8.91. The fourth-order valence-electron chi connectivity index (χ4n) is 2.98. The first-order chi connectivity index (χ1) is 13.7. The molecule has 4 rings (SSSR count). The van der Waals surface area contributed by atoms with E-state index in [2.05, 4.69) is 21.2 Å². The molecule has 0 amide bonds. The average Bonchev–Trinajstić information content (AvgIpc) is 3.37. The lowest BCUT2D eigenvalue weighted by molar-refractivity contribution is 0.401. The smallest absolute Gasteiger partial charge is 0.268 e. The molecule has 0 saturated carbocycles. The van der Waals surface area contributed by atoms with Gasteiger partial charge in [0.2, 0.25) is 0 Å². The molecule has 136 valence electrons. The van der Waals surface area contributed by atoms with E-state index in [1.807, 2.05) is 73.0 Å². The van der Waals surface area contributed by atoms with Gasteiger partial charge in [0.15, 0.2) is 5.82 Å². The molecule has 0 saturated heterocycles. The lowest BCUT2D eigenvalue weighted by atomic mass is 9.91. The molecular formula is C22H16N4OS. The van der Waals surface area contributed by atoms with Crippen LogP contribution in [0.5, 0.6) is 0 Å². The Morgan fingerprint density at radius 3 is 2.21 bits per heavy atom. The van der Waals surface area contributed by atoms with Crippen LogP contribution in [-0.4, -0.2) is 15.1 Å². The van der Waals surface area contributed by atoms with Crippen LogP contribution < -0.4 is 0 Å². The number of allylic oxidation sites excluding steroid dienone is 1. The van der Waals surface area contributed by atoms with Crippen molar-refractivity contribution in [3.8, 4) is 6.07 Å². The summed E-state index contributed by atoms with van der Waals surface area (Å²) in [5.41, 5.74) is 3.11. The molecule has 4 aromatic rings. The molecule has 0 N–H and O–H groups in total. The Bertz CT molecular complexity index is 1100. The van der Waals surface area contributed by atoms with Gasteiger partial charge in [-0.25, -0.2) is 4.98 Å². The van der Waals surface area contributed by atoms with Crippen molar-refractivity contribution in [1.82, 2.24) is 15.1 Å². The molecule has 0 spiro atoms. The summed E-state index contributed by atoms with van der Waals surface area (Å²) in [6.45, 7) is 1.92. The number of benzene rings is 2. The van der Waals surface area contributed by atoms with E-state index in [4.69, 9.17) is 4.52 Å². The molecule has 0 bridgehead atoms. The molecule has 0 fully saturated rings. The van der Waals surface area contributed by atoms with Gasteiger partial charge in [-0.1, -0.05) is 65.8 Å². The van der Waals surface area contributed by atoms with Gasteiger partial charge in [0.05, 0.1) is 16.6 Å². The van der Waals surface area contributed by atoms with Gasteiger partial charge in [0, 0.05) is 5.38 Å². The first-order valence-corrected chi connectivity index (χ1v) is 9.60. The second-order valence-electron chi connectivity index (χ2n) is 6.17. The van der Waals surface area contributed by atoms with Crippen molar-refractivity contribution in [3.63, 3.8) is 0 Å². The normalized spacial score (nSPS) is 11.5. The SMILES string of the molecule is Cc1nc(/C=C(\C#N)c2nc(C(c3ccccc3)c3ccccc3)no2)cs1. The van der Waals surface area contributed by atoms with E-state index >= 15 is 0 Å². The lowest BCUT2D eigenvalue weighted by Crippen LogP contribution is -2.05. The summed E-state index contributed by atoms with van der Waals surface area (Å²) in [5, 5.41) is 16.6. The van der Waals surface area contributed by atoms with Crippen LogP contribution in [0, 0.1) is 18.3 Å². The van der Waals surface area contributed by atoms with Crippen LogP contribution in [0.25, 0.3) is 11.6 Å². The fourth-order valence-corrected chi connectivity index (χ4v) is 3.55. The Balaban J connectivity index is 1.75. The van der Waals surface area contributed by atoms with E-state index in [9.17, 15) is 5.26 Å². The molecule has 28 heavy (non-hydrogen) atoms. The van der Waals surface area contributed by atoms with Gasteiger partial charge in [0.1, 0.15) is 11.6 Å². The summed E-state index contributed by atoms with van der Waals surface area (Å²) in [6, 6.07) is 22.2. The summed E-state index contributed by atoms with van der Waals surface area (Å²) >= 11 is 1.52. The number of thiazole rings is 1. The molecule has 0 aliphatic heterocycles. The van der Waals surface area contributed by atoms with Crippen molar-refractivity contribution in [2.24, 2.45) is 0 Å². The van der Waals surface area contributed by atoms with Crippen molar-refractivity contribution in [1.29, 1.82) is 5.26 Å². The van der Waals surface area contributed by atoms with Gasteiger partial charge in [-0.2, -0.15) is 10.2 Å². The van der Waals surface area contributed by atoms with Crippen LogP contribution in [-0.2, 0) is 0 Å². The Hall–Kier alpha value is -3.56. The Labute approximate surface area is 166 Å². The molecule has 0 aliphatic rings. The molecular weight excluding hydrogens is 368 g/mol. The number of aryl methyl sites for hydroxylation is 1. The highest BCUT2D eigenvalue weighted by Crippen LogP contribution is 2.30. The van der Waals surface area contributed by atoms with Crippen LogP contribution in [0.1, 0.15) is 39.5 Å². The molecule has 2 heterocycles. The van der Waals surface area contributed by atoms with Crippen molar-refractivity contribution in [3.05, 3.63) is 99.6 Å². The summed E-state index contributed by atoms with van der Waals surface area (Å²) in [7, 11) is 0. The van der Waals surface area contributed by atoms with Crippen molar-refractivity contribution >= 4 is 23.0 Å². The zero-order valence-corrected chi connectivity index (χ0v) is 15.9. The highest BCUT2D eigenvalue weighted by atomic mass is 32.1. The van der Waals surface area contributed by atoms with Gasteiger partial charge >= 0.3 is 0 Å². The van der Waals surface area contributed by atoms with Crippen LogP contribution in [0.2, 0.25) is 0 Å². The monoisotopic (exact) mass is 384 g/mol. The molecule has 5 nitrogen and oxygen atoms in total. The van der Waals surface area contributed by atoms with Crippen molar-refractivity contribution < 1.29 is 4.52 Å². The molecule has 6 heteroatoms. The van der Waals surface area contributed by atoms with E-state index < -0.39 is 0 Å². The van der Waals surface area contributed by atoms with E-state index in [1.54, 1.807) is 6.08 Å². The second kappa shape index (κ2) is 7.99. The Morgan fingerprint density at radius 1 is 1.04 bits per heavy atom. The number of hydrogen-bond donors (Lipinski definition) is 0. The standard InChI is InChI=1S/C22H16N4OS/c1-15-24-19(14-28-15)12-18(13-23)22-25-21(26-27-22)20(16-8-4-2-5-9-16)17-10-6-3-7-11-17/h2-12,14,20H,1H3/b18-12+. The van der Waals surface area contributed by atoms with Gasteiger partial charge in [-0.05, 0) is 24.1 Å². The molecule has 0 unspecified atom stereocenters. The molecule has 0 aliphatic carbocycles. The van der Waals surface area contributed by atoms with Crippen LogP contribution in [0.15, 0.2) is 70.6 Å². The van der Waals surface area contributed by atoms with Gasteiger partial charge in [0.25, 0.3) is 5.89 Å². The third-order valence-electron chi connectivity index (χ3n) is 4.25. The van der Waals surface area contributed by atoms with Crippen LogP contribution in [0.4, 0.5) is 0 Å². The molecule has 2 aromatic carbocycles. The topological polar surface area (TPSA) is 75.6 Å². The minimum absolute atomic E-state index is 0.179. The number of aromatic nitrogens is 3. The first-order valence-electron chi connectivity index (χ1n) is 8.72. The summed E-state index contributed by atoms with van der Waals surface area (Å²) in [5.74, 6) is 0.532. The number of rotatable bonds is 5. The summed E-state index contributed by atoms with van der Waals surface area (Å²) < 4.78 is 5.44. The lowest BCUT2D eigenvalue weighted by Gasteiger charge is -2.13. The number of nitriles is 1. The van der Waals surface area contributed by atoms with Crippen molar-refractivity contribution in [2.45, 2.75) is 12.8 Å². The molecule has 0 radical (unpaired) electrons. The highest BCUT2D eigenvalue weighted by molar-refractivity contribution is 7.09. The van der Waals surface area contributed by atoms with E-state index in [1.165, 1.54) is 11.3 Å². The maximum absolute atomic E-state index is 9.56. The number of hydrogen-bond acceptors (Lipinski definition) is 6. The minimum Gasteiger partial charge on any atom is -0.333 e. The van der Waals surface area contributed by atoms with Crippen LogP contribution in [0.3, 0.4) is 0 Å². The zero-order chi connectivity index (χ0) is 19.3. The summed E-state index contributed by atoms with van der Waals surface area (Å²) in [6.07, 6.45) is 1.67. The third kappa shape index (κ3) is 3.75. The predicted molar refractivity (Wildman–Crippen MR) is 108 cm³/mol. The zero-order valence-electron chi connectivity index (χ0n) is 15.1. The average molecular weight is 384 g/mol. The fraction of sp³-hybridized carbons (Fsp3) is 0.0909. The second-order valence-corrected chi connectivity index (χ2v) is 7.24. The molecule has 2 aromatic heterocycles. The van der Waals surface area contributed by atoms with Gasteiger partial charge < -0.3 is 4.52 Å². The maximum atomic E-state index is 9.56. The van der Waals surface area contributed by atoms with E-state index in [-0.39, 0.29) is 11.8 Å². The largest absolute Gasteiger partial charge is 0.333 e. The minimum atomic E-state index is -0.179. The predicted octanol–water partition coefficient (Wildman–Crippen LogP) is 5.08. The van der Waals surface area contributed by atoms with E-state index in [0.717, 1.165) is 16.1 Å². The maximum Gasteiger partial charge on any atom is 0.268 e. The highest BCUT2D eigenvalue weighted by Gasteiger charge is 2.23.